The fourth-order valence-corrected chi connectivity index (χ4v) is 2.36. The minimum Gasteiger partial charge on any atom is -0.460 e. The molecule has 1 aliphatic rings. The van der Waals surface area contributed by atoms with Crippen LogP contribution in [0.2, 0.25) is 0 Å². The number of ketones is 1. The minimum atomic E-state index is -4.35. The number of furan rings is 1. The second kappa shape index (κ2) is 4.51. The van der Waals surface area contributed by atoms with Crippen LogP contribution in [0.3, 0.4) is 0 Å². The Kier molecular flexibility index (Phi) is 2.92. The molecule has 1 heterocycles. The summed E-state index contributed by atoms with van der Waals surface area (Å²) in [6.07, 6.45) is -2.40. The van der Waals surface area contributed by atoms with E-state index in [-0.39, 0.29) is 5.78 Å². The Bertz CT molecular complexity index is 651. The van der Waals surface area contributed by atoms with Crippen molar-refractivity contribution in [2.45, 2.75) is 25.4 Å². The Morgan fingerprint density at radius 1 is 1.05 bits per heavy atom. The molecule has 1 aliphatic carbocycles. The van der Waals surface area contributed by atoms with Gasteiger partial charge >= 0.3 is 6.18 Å². The largest absolute Gasteiger partial charge is 0.460 e. The summed E-state index contributed by atoms with van der Waals surface area (Å²) >= 11 is 0. The molecule has 3 rings (SSSR count). The van der Waals surface area contributed by atoms with E-state index >= 15 is 0 Å². The van der Waals surface area contributed by atoms with Gasteiger partial charge in [0.1, 0.15) is 11.5 Å². The average molecular weight is 280 g/mol. The molecule has 0 aliphatic heterocycles. The van der Waals surface area contributed by atoms with E-state index < -0.39 is 11.7 Å². The lowest BCUT2D eigenvalue weighted by molar-refractivity contribution is -0.137. The molecule has 0 bridgehead atoms. The van der Waals surface area contributed by atoms with Gasteiger partial charge in [0.25, 0.3) is 0 Å². The average Bonchev–Trinajstić information content (AvgIpc) is 2.83. The molecule has 2 aromatic rings. The van der Waals surface area contributed by atoms with Crippen LogP contribution in [0.4, 0.5) is 13.2 Å². The lowest BCUT2D eigenvalue weighted by Crippen LogP contribution is -2.07. The fourth-order valence-electron chi connectivity index (χ4n) is 2.36. The summed E-state index contributed by atoms with van der Waals surface area (Å²) < 4.78 is 43.1. The molecular formula is C15H11F3O2. The van der Waals surface area contributed by atoms with E-state index in [4.69, 9.17) is 4.42 Å². The number of halogens is 3. The molecule has 0 atom stereocenters. The first-order chi connectivity index (χ1) is 9.45. The summed E-state index contributed by atoms with van der Waals surface area (Å²) in [5.74, 6) is 1.11. The Hall–Kier alpha value is -2.04. The van der Waals surface area contributed by atoms with Crippen LogP contribution in [-0.2, 0) is 12.6 Å². The predicted molar refractivity (Wildman–Crippen MR) is 66.4 cm³/mol. The first-order valence-electron chi connectivity index (χ1n) is 6.29. The molecular weight excluding hydrogens is 269 g/mol. The van der Waals surface area contributed by atoms with E-state index in [1.54, 1.807) is 6.07 Å². The molecule has 0 saturated heterocycles. The number of fused-ring (bicyclic) bond motifs is 1. The Labute approximate surface area is 113 Å². The second-order valence-corrected chi connectivity index (χ2v) is 4.80. The third kappa shape index (κ3) is 2.24. The highest BCUT2D eigenvalue weighted by Gasteiger charge is 2.30. The van der Waals surface area contributed by atoms with Crippen molar-refractivity contribution in [3.63, 3.8) is 0 Å². The van der Waals surface area contributed by atoms with Gasteiger partial charge < -0.3 is 4.42 Å². The van der Waals surface area contributed by atoms with E-state index in [1.807, 2.05) is 0 Å². The minimum absolute atomic E-state index is 0.0353. The highest BCUT2D eigenvalue weighted by atomic mass is 19.4. The van der Waals surface area contributed by atoms with Gasteiger partial charge in [-0.2, -0.15) is 13.2 Å². The van der Waals surface area contributed by atoms with Crippen LogP contribution in [0.5, 0.6) is 0 Å². The van der Waals surface area contributed by atoms with Gasteiger partial charge in [-0.1, -0.05) is 12.1 Å². The van der Waals surface area contributed by atoms with Crippen molar-refractivity contribution >= 4 is 5.78 Å². The molecule has 0 radical (unpaired) electrons. The van der Waals surface area contributed by atoms with Gasteiger partial charge in [0.05, 0.1) is 11.1 Å². The van der Waals surface area contributed by atoms with E-state index in [1.165, 1.54) is 12.1 Å². The zero-order valence-electron chi connectivity index (χ0n) is 10.5. The molecule has 0 fully saturated rings. The number of hydrogen-bond donors (Lipinski definition) is 0. The van der Waals surface area contributed by atoms with Gasteiger partial charge in [0, 0.05) is 18.4 Å². The molecule has 1 aromatic carbocycles. The molecule has 104 valence electrons. The normalized spacial score (nSPS) is 15.2. The van der Waals surface area contributed by atoms with Crippen molar-refractivity contribution in [2.75, 3.05) is 0 Å². The molecule has 0 spiro atoms. The lowest BCUT2D eigenvalue weighted by atomic mass is 9.97. The third-order valence-corrected chi connectivity index (χ3v) is 3.41. The number of alkyl halides is 3. The monoisotopic (exact) mass is 280 g/mol. The maximum atomic E-state index is 12.5. The smallest absolute Gasteiger partial charge is 0.416 e. The van der Waals surface area contributed by atoms with Gasteiger partial charge in [-0.3, -0.25) is 4.79 Å². The quantitative estimate of drug-likeness (QED) is 0.770. The van der Waals surface area contributed by atoms with E-state index in [2.05, 4.69) is 0 Å². The molecule has 2 nitrogen and oxygen atoms in total. The van der Waals surface area contributed by atoms with Crippen molar-refractivity contribution in [3.05, 3.63) is 47.2 Å². The SMILES string of the molecule is O=C1CCCc2oc(-c3ccc(C(F)(F)F)cc3)cc21. The first kappa shape index (κ1) is 13.0. The van der Waals surface area contributed by atoms with Crippen molar-refractivity contribution in [2.24, 2.45) is 0 Å². The van der Waals surface area contributed by atoms with E-state index in [0.717, 1.165) is 18.6 Å². The van der Waals surface area contributed by atoms with Crippen molar-refractivity contribution in [1.29, 1.82) is 0 Å². The van der Waals surface area contributed by atoms with Crippen LogP contribution in [0.1, 0.15) is 34.5 Å². The van der Waals surface area contributed by atoms with Gasteiger partial charge in [-0.15, -0.1) is 0 Å². The molecule has 20 heavy (non-hydrogen) atoms. The fraction of sp³-hybridized carbons (Fsp3) is 0.267. The Morgan fingerprint density at radius 3 is 2.35 bits per heavy atom. The first-order valence-corrected chi connectivity index (χ1v) is 6.29. The number of hydrogen-bond acceptors (Lipinski definition) is 2. The van der Waals surface area contributed by atoms with E-state index in [0.29, 0.717) is 35.5 Å². The van der Waals surface area contributed by atoms with Gasteiger partial charge in [0.15, 0.2) is 5.78 Å². The molecule has 1 aromatic heterocycles. The maximum absolute atomic E-state index is 12.5. The standard InChI is InChI=1S/C15H11F3O2/c16-15(17,18)10-6-4-9(5-7-10)14-8-11-12(19)2-1-3-13(11)20-14/h4-8H,1-3H2. The summed E-state index contributed by atoms with van der Waals surface area (Å²) in [5, 5.41) is 0. The van der Waals surface area contributed by atoms with Crippen molar-refractivity contribution < 1.29 is 22.4 Å². The highest BCUT2D eigenvalue weighted by Crippen LogP contribution is 2.33. The zero-order chi connectivity index (χ0) is 14.3. The lowest BCUT2D eigenvalue weighted by Gasteiger charge is -2.07. The number of benzene rings is 1. The van der Waals surface area contributed by atoms with Crippen molar-refractivity contribution in [3.8, 4) is 11.3 Å². The highest BCUT2D eigenvalue weighted by molar-refractivity contribution is 5.98. The number of carbonyl (C=O) groups is 1. The summed E-state index contributed by atoms with van der Waals surface area (Å²) in [7, 11) is 0. The summed E-state index contributed by atoms with van der Waals surface area (Å²) in [6.45, 7) is 0. The molecule has 0 amide bonds. The third-order valence-electron chi connectivity index (χ3n) is 3.41. The number of rotatable bonds is 1. The van der Waals surface area contributed by atoms with Gasteiger partial charge in [0.2, 0.25) is 0 Å². The van der Waals surface area contributed by atoms with Crippen LogP contribution >= 0.6 is 0 Å². The maximum Gasteiger partial charge on any atom is 0.416 e. The van der Waals surface area contributed by atoms with Crippen molar-refractivity contribution in [1.82, 2.24) is 0 Å². The van der Waals surface area contributed by atoms with Gasteiger partial charge in [-0.05, 0) is 24.6 Å². The topological polar surface area (TPSA) is 30.2 Å². The van der Waals surface area contributed by atoms with Crippen LogP contribution in [0.15, 0.2) is 34.7 Å². The van der Waals surface area contributed by atoms with Crippen LogP contribution in [-0.4, -0.2) is 5.78 Å². The molecule has 0 unspecified atom stereocenters. The second-order valence-electron chi connectivity index (χ2n) is 4.80. The number of Topliss-reactive ketones (excluding diaryl/α,β-unsaturated/α-hetero) is 1. The Morgan fingerprint density at radius 2 is 1.75 bits per heavy atom. The number of aryl methyl sites for hydroxylation is 1. The number of carbonyl (C=O) groups excluding carboxylic acids is 1. The molecule has 5 heteroatoms. The van der Waals surface area contributed by atoms with E-state index in [9.17, 15) is 18.0 Å². The summed E-state index contributed by atoms with van der Waals surface area (Å²) in [4.78, 5) is 11.7. The molecule has 0 saturated carbocycles. The Balaban J connectivity index is 1.96. The van der Waals surface area contributed by atoms with Crippen LogP contribution < -0.4 is 0 Å². The van der Waals surface area contributed by atoms with Gasteiger partial charge in [-0.25, -0.2) is 0 Å². The van der Waals surface area contributed by atoms with Crippen LogP contribution in [0.25, 0.3) is 11.3 Å². The molecule has 0 N–H and O–H groups in total. The summed E-state index contributed by atoms with van der Waals surface area (Å²) in [5.41, 5.74) is 0.403. The zero-order valence-corrected chi connectivity index (χ0v) is 10.5. The summed E-state index contributed by atoms with van der Waals surface area (Å²) in [6, 6.07) is 6.37. The van der Waals surface area contributed by atoms with Crippen LogP contribution in [0, 0.1) is 0 Å². The predicted octanol–water partition coefficient (Wildman–Crippen LogP) is 4.48.